The lowest BCUT2D eigenvalue weighted by molar-refractivity contribution is -0.167. The third kappa shape index (κ3) is 65.8. The maximum atomic E-state index is 12.9. The minimum atomic E-state index is -0.802. The van der Waals surface area contributed by atoms with Crippen LogP contribution >= 0.6 is 0 Å². The molecule has 0 aromatic heterocycles. The van der Waals surface area contributed by atoms with E-state index in [9.17, 15) is 14.4 Å². The maximum Gasteiger partial charge on any atom is 0.306 e. The van der Waals surface area contributed by atoms with Crippen molar-refractivity contribution in [1.29, 1.82) is 0 Å². The molecule has 0 spiro atoms. The molecule has 0 heterocycles. The molecule has 6 heteroatoms. The van der Waals surface area contributed by atoms with Crippen LogP contribution in [0.4, 0.5) is 0 Å². The lowest BCUT2D eigenvalue weighted by Gasteiger charge is -2.18. The zero-order valence-electron chi connectivity index (χ0n) is 52.9. The molecule has 0 aromatic carbocycles. The predicted molar refractivity (Wildman–Crippen MR) is 357 cm³/mol. The maximum absolute atomic E-state index is 12.9. The summed E-state index contributed by atoms with van der Waals surface area (Å²) in [5.74, 6) is -0.929. The van der Waals surface area contributed by atoms with Gasteiger partial charge in [-0.2, -0.15) is 0 Å². The largest absolute Gasteiger partial charge is 0.462 e. The number of ether oxygens (including phenoxy) is 3. The zero-order chi connectivity index (χ0) is 59.2. The summed E-state index contributed by atoms with van der Waals surface area (Å²) >= 11 is 0. The summed E-state index contributed by atoms with van der Waals surface area (Å²) in [6.07, 6.45) is 99.6. The number of carbonyl (C=O) groups is 3. The summed E-state index contributed by atoms with van der Waals surface area (Å²) in [4.78, 5) is 38.4. The first-order valence-corrected chi connectivity index (χ1v) is 33.5. The Balaban J connectivity index is 4.41. The molecule has 82 heavy (non-hydrogen) atoms. The molecule has 6 nitrogen and oxygen atoms in total. The van der Waals surface area contributed by atoms with Gasteiger partial charge in [0.1, 0.15) is 13.2 Å². The summed E-state index contributed by atoms with van der Waals surface area (Å²) in [6, 6.07) is 0. The minimum Gasteiger partial charge on any atom is -0.462 e. The monoisotopic (exact) mass is 1130 g/mol. The Kier molecular flexibility index (Phi) is 64.4. The van der Waals surface area contributed by atoms with Gasteiger partial charge >= 0.3 is 17.9 Å². The molecule has 1 unspecified atom stereocenters. The van der Waals surface area contributed by atoms with Crippen LogP contribution in [0.25, 0.3) is 0 Å². The van der Waals surface area contributed by atoms with E-state index >= 15 is 0 Å². The fraction of sp³-hybridized carbons (Fsp3) is 0.618. The van der Waals surface area contributed by atoms with Crippen LogP contribution in [0.1, 0.15) is 284 Å². The predicted octanol–water partition coefficient (Wildman–Crippen LogP) is 23.3. The van der Waals surface area contributed by atoms with E-state index in [0.717, 1.165) is 173 Å². The Bertz CT molecular complexity index is 1830. The second kappa shape index (κ2) is 68.5. The van der Waals surface area contributed by atoms with E-state index in [2.05, 4.69) is 179 Å². The molecule has 0 bridgehead atoms. The molecule has 462 valence electrons. The van der Waals surface area contributed by atoms with Gasteiger partial charge in [-0.3, -0.25) is 14.4 Å². The van der Waals surface area contributed by atoms with Gasteiger partial charge in [0.05, 0.1) is 0 Å². The molecule has 0 rings (SSSR count). The third-order valence-electron chi connectivity index (χ3n) is 13.8. The van der Waals surface area contributed by atoms with Gasteiger partial charge in [-0.05, 0) is 128 Å². The second-order valence-electron chi connectivity index (χ2n) is 21.6. The molecule has 0 amide bonds. The lowest BCUT2D eigenvalue weighted by atomic mass is 10.0. The highest BCUT2D eigenvalue weighted by Crippen LogP contribution is 2.15. The van der Waals surface area contributed by atoms with Crippen molar-refractivity contribution in [2.75, 3.05) is 13.2 Å². The number of hydrogen-bond acceptors (Lipinski definition) is 6. The molecule has 0 radical (unpaired) electrons. The molecule has 0 aliphatic rings. The SMILES string of the molecule is CC/C=C\C/C=C\C/C=C\C/C=C\C/C=C\C/C=C\C/C=C\CCCCCCCC(=O)OCC(COC(=O)CCCCCCCCCCCCCC)OC(=O)CCCCCCCC/C=C\C/C=C\C/C=C\C/C=C\C/C=C\C/C=C\CC. The van der Waals surface area contributed by atoms with E-state index in [4.69, 9.17) is 14.2 Å². The summed E-state index contributed by atoms with van der Waals surface area (Å²) in [7, 11) is 0. The van der Waals surface area contributed by atoms with Gasteiger partial charge in [-0.25, -0.2) is 0 Å². The highest BCUT2D eigenvalue weighted by molar-refractivity contribution is 5.71. The van der Waals surface area contributed by atoms with Gasteiger partial charge in [0, 0.05) is 19.3 Å². The van der Waals surface area contributed by atoms with Crippen molar-refractivity contribution >= 4 is 17.9 Å². The molecule has 0 aliphatic heterocycles. The normalized spacial score (nSPS) is 13.2. The quantitative estimate of drug-likeness (QED) is 0.0261. The third-order valence-corrected chi connectivity index (χ3v) is 13.8. The fourth-order valence-corrected chi connectivity index (χ4v) is 8.84. The zero-order valence-corrected chi connectivity index (χ0v) is 52.9. The fourth-order valence-electron chi connectivity index (χ4n) is 8.84. The number of allylic oxidation sites excluding steroid dienone is 26. The Morgan fingerprint density at radius 2 is 0.476 bits per heavy atom. The van der Waals surface area contributed by atoms with Gasteiger partial charge in [-0.15, -0.1) is 0 Å². The van der Waals surface area contributed by atoms with Crippen molar-refractivity contribution < 1.29 is 28.6 Å². The molecule has 0 saturated heterocycles. The smallest absolute Gasteiger partial charge is 0.306 e. The van der Waals surface area contributed by atoms with Gasteiger partial charge in [-0.1, -0.05) is 294 Å². The highest BCUT2D eigenvalue weighted by atomic mass is 16.6. The standard InChI is InChI=1S/C76H122O6/c1-4-7-10-13-16-19-22-25-27-29-31-33-35-37-38-40-41-43-45-47-49-51-54-57-60-63-66-69-75(78)81-72-73(71-80-74(77)68-65-62-59-56-53-24-21-18-15-12-9-6-3)82-76(79)70-67-64-61-58-55-52-50-48-46-44-42-39-36-34-32-30-28-26-23-20-17-14-11-8-5-2/h7-8,10-11,16-17,19-20,25-28,31-34,37-39,41-43,46-49,73H,4-6,9,12-15,18,21-24,29-30,35-36,40,44-45,50-72H2,1-3H3/b10-7-,11-8-,19-16-,20-17-,27-25-,28-26-,33-31-,34-32-,38-37-,42-39-,43-41-,48-46-,49-47-. The lowest BCUT2D eigenvalue weighted by Crippen LogP contribution is -2.30. The molecule has 0 aromatic rings. The van der Waals surface area contributed by atoms with Crippen LogP contribution in [-0.4, -0.2) is 37.2 Å². The first-order chi connectivity index (χ1) is 40.5. The molecule has 0 N–H and O–H groups in total. The van der Waals surface area contributed by atoms with Crippen LogP contribution in [0.2, 0.25) is 0 Å². The van der Waals surface area contributed by atoms with Crippen LogP contribution in [0, 0.1) is 0 Å². The van der Waals surface area contributed by atoms with E-state index in [-0.39, 0.29) is 31.1 Å². The molecular weight excluding hydrogens is 1010 g/mol. The Morgan fingerprint density at radius 3 is 0.744 bits per heavy atom. The average Bonchev–Trinajstić information content (AvgIpc) is 3.47. The molecular formula is C76H122O6. The van der Waals surface area contributed by atoms with E-state index in [1.54, 1.807) is 0 Å². The highest BCUT2D eigenvalue weighted by Gasteiger charge is 2.19. The van der Waals surface area contributed by atoms with Crippen molar-refractivity contribution in [2.45, 2.75) is 290 Å². The number of rotatable bonds is 59. The van der Waals surface area contributed by atoms with Gasteiger partial charge in [0.2, 0.25) is 0 Å². The summed E-state index contributed by atoms with van der Waals surface area (Å²) in [6.45, 7) is 6.39. The minimum absolute atomic E-state index is 0.0945. The Morgan fingerprint density at radius 1 is 0.256 bits per heavy atom. The molecule has 1 atom stereocenters. The van der Waals surface area contributed by atoms with Crippen molar-refractivity contribution in [3.63, 3.8) is 0 Å². The topological polar surface area (TPSA) is 78.9 Å². The number of hydrogen-bond donors (Lipinski definition) is 0. The number of unbranched alkanes of at least 4 members (excludes halogenated alkanes) is 22. The average molecular weight is 1130 g/mol. The first kappa shape index (κ1) is 77.0. The van der Waals surface area contributed by atoms with Crippen molar-refractivity contribution in [2.24, 2.45) is 0 Å². The number of carbonyl (C=O) groups excluding carboxylic acids is 3. The van der Waals surface area contributed by atoms with E-state index in [0.29, 0.717) is 19.3 Å². The van der Waals surface area contributed by atoms with Gasteiger partial charge in [0.15, 0.2) is 6.10 Å². The molecule has 0 saturated carbocycles. The van der Waals surface area contributed by atoms with Crippen LogP contribution < -0.4 is 0 Å². The second-order valence-corrected chi connectivity index (χ2v) is 21.6. The molecule has 0 fully saturated rings. The summed E-state index contributed by atoms with van der Waals surface area (Å²) < 4.78 is 16.9. The first-order valence-electron chi connectivity index (χ1n) is 33.5. The van der Waals surface area contributed by atoms with Crippen LogP contribution in [0.3, 0.4) is 0 Å². The van der Waals surface area contributed by atoms with Crippen molar-refractivity contribution in [3.8, 4) is 0 Å². The Hall–Kier alpha value is -4.97. The van der Waals surface area contributed by atoms with Gasteiger partial charge in [0.25, 0.3) is 0 Å². The van der Waals surface area contributed by atoms with Crippen molar-refractivity contribution in [3.05, 3.63) is 158 Å². The summed E-state index contributed by atoms with van der Waals surface area (Å²) in [5.41, 5.74) is 0. The Labute approximate surface area is 505 Å². The van der Waals surface area contributed by atoms with Crippen LogP contribution in [0.5, 0.6) is 0 Å². The van der Waals surface area contributed by atoms with E-state index in [1.165, 1.54) is 70.6 Å². The van der Waals surface area contributed by atoms with E-state index < -0.39 is 6.10 Å². The van der Waals surface area contributed by atoms with Gasteiger partial charge < -0.3 is 14.2 Å². The number of esters is 3. The van der Waals surface area contributed by atoms with Crippen LogP contribution in [0.15, 0.2) is 158 Å². The molecule has 0 aliphatic carbocycles. The van der Waals surface area contributed by atoms with Crippen molar-refractivity contribution in [1.82, 2.24) is 0 Å². The van der Waals surface area contributed by atoms with E-state index in [1.807, 2.05) is 0 Å². The summed E-state index contributed by atoms with van der Waals surface area (Å²) in [5, 5.41) is 0. The van der Waals surface area contributed by atoms with Crippen LogP contribution in [-0.2, 0) is 28.6 Å².